The zero-order valence-corrected chi connectivity index (χ0v) is 9.15. The normalized spacial score (nSPS) is 24.4. The van der Waals surface area contributed by atoms with E-state index in [2.05, 4.69) is 20.6 Å². The molecule has 0 spiro atoms. The Morgan fingerprint density at radius 3 is 3.06 bits per heavy atom. The second-order valence-corrected chi connectivity index (χ2v) is 4.37. The number of ether oxygens (including phenoxy) is 1. The molecule has 1 unspecified atom stereocenters. The Morgan fingerprint density at radius 1 is 1.38 bits per heavy atom. The van der Waals surface area contributed by atoms with E-state index in [0.29, 0.717) is 17.9 Å². The predicted octanol–water partition coefficient (Wildman–Crippen LogP) is 0.792. The standard InChI is InChI=1S/C11H16N4O/c1-2-8(1)14-11-13-6-4-10(15-11)16-9-3-5-12-7-9/h4,6,8-9,12H,1-3,5,7H2,(H,13,14,15). The molecule has 2 N–H and O–H groups in total. The minimum absolute atomic E-state index is 0.253. The van der Waals surface area contributed by atoms with Crippen molar-refractivity contribution in [3.63, 3.8) is 0 Å². The molecule has 16 heavy (non-hydrogen) atoms. The fourth-order valence-electron chi connectivity index (χ4n) is 1.79. The van der Waals surface area contributed by atoms with Crippen molar-refractivity contribution in [1.29, 1.82) is 0 Å². The first-order valence-corrected chi connectivity index (χ1v) is 5.87. The molecule has 86 valence electrons. The van der Waals surface area contributed by atoms with Crippen LogP contribution in [0.3, 0.4) is 0 Å². The summed E-state index contributed by atoms with van der Waals surface area (Å²) in [6.45, 7) is 1.94. The number of aromatic nitrogens is 2. The average molecular weight is 220 g/mol. The van der Waals surface area contributed by atoms with E-state index in [0.717, 1.165) is 19.5 Å². The van der Waals surface area contributed by atoms with Crippen LogP contribution in [-0.2, 0) is 0 Å². The number of anilines is 1. The summed E-state index contributed by atoms with van der Waals surface area (Å²) in [6, 6.07) is 2.39. The van der Waals surface area contributed by atoms with E-state index in [1.54, 1.807) is 6.20 Å². The molecule has 0 amide bonds. The molecular formula is C11H16N4O. The Labute approximate surface area is 94.6 Å². The summed E-state index contributed by atoms with van der Waals surface area (Å²) in [5.41, 5.74) is 0. The third-order valence-electron chi connectivity index (χ3n) is 2.84. The van der Waals surface area contributed by atoms with Crippen molar-refractivity contribution >= 4 is 5.95 Å². The van der Waals surface area contributed by atoms with Crippen LogP contribution in [-0.4, -0.2) is 35.2 Å². The maximum atomic E-state index is 5.76. The molecule has 5 nitrogen and oxygen atoms in total. The molecule has 2 aliphatic rings. The van der Waals surface area contributed by atoms with Crippen LogP contribution in [0.1, 0.15) is 19.3 Å². The number of nitrogens with zero attached hydrogens (tertiary/aromatic N) is 2. The largest absolute Gasteiger partial charge is 0.473 e. The number of hydrogen-bond donors (Lipinski definition) is 2. The number of hydrogen-bond acceptors (Lipinski definition) is 5. The summed E-state index contributed by atoms with van der Waals surface area (Å²) in [6.07, 6.45) is 5.50. The van der Waals surface area contributed by atoms with Gasteiger partial charge in [-0.15, -0.1) is 0 Å². The van der Waals surface area contributed by atoms with Crippen LogP contribution in [0.4, 0.5) is 5.95 Å². The molecule has 2 fully saturated rings. The summed E-state index contributed by atoms with van der Waals surface area (Å²) >= 11 is 0. The maximum absolute atomic E-state index is 5.76. The highest BCUT2D eigenvalue weighted by molar-refractivity contribution is 5.30. The van der Waals surface area contributed by atoms with Crippen molar-refractivity contribution in [1.82, 2.24) is 15.3 Å². The Kier molecular flexibility index (Phi) is 2.61. The topological polar surface area (TPSA) is 59.1 Å². The lowest BCUT2D eigenvalue weighted by atomic mass is 10.3. The predicted molar refractivity (Wildman–Crippen MR) is 60.6 cm³/mol. The molecule has 1 aromatic heterocycles. The van der Waals surface area contributed by atoms with Crippen LogP contribution >= 0.6 is 0 Å². The van der Waals surface area contributed by atoms with Gasteiger partial charge in [-0.05, 0) is 25.8 Å². The quantitative estimate of drug-likeness (QED) is 0.785. The van der Waals surface area contributed by atoms with Gasteiger partial charge < -0.3 is 15.4 Å². The Morgan fingerprint density at radius 2 is 2.31 bits per heavy atom. The monoisotopic (exact) mass is 220 g/mol. The lowest BCUT2D eigenvalue weighted by Crippen LogP contribution is -2.20. The molecule has 1 aliphatic heterocycles. The summed E-state index contributed by atoms with van der Waals surface area (Å²) in [5.74, 6) is 1.36. The lowest BCUT2D eigenvalue weighted by molar-refractivity contribution is 0.214. The third kappa shape index (κ3) is 2.41. The van der Waals surface area contributed by atoms with E-state index in [-0.39, 0.29) is 6.10 Å². The fourth-order valence-corrected chi connectivity index (χ4v) is 1.79. The average Bonchev–Trinajstić information content (AvgIpc) is 2.94. The second-order valence-electron chi connectivity index (χ2n) is 4.37. The Bertz CT molecular complexity index is 361. The van der Waals surface area contributed by atoms with Crippen molar-refractivity contribution in [3.8, 4) is 5.88 Å². The smallest absolute Gasteiger partial charge is 0.226 e. The van der Waals surface area contributed by atoms with Gasteiger partial charge in [0.1, 0.15) is 6.10 Å². The summed E-state index contributed by atoms with van der Waals surface area (Å²) in [5, 5.41) is 6.53. The molecule has 0 bridgehead atoms. The molecule has 1 aliphatic carbocycles. The molecule has 1 aromatic rings. The van der Waals surface area contributed by atoms with E-state index >= 15 is 0 Å². The van der Waals surface area contributed by atoms with Crippen LogP contribution in [0.25, 0.3) is 0 Å². The van der Waals surface area contributed by atoms with Gasteiger partial charge in [0, 0.05) is 24.8 Å². The van der Waals surface area contributed by atoms with Crippen molar-refractivity contribution in [2.45, 2.75) is 31.4 Å². The molecule has 1 saturated heterocycles. The number of nitrogens with one attached hydrogen (secondary N) is 2. The molecule has 1 saturated carbocycles. The molecule has 0 aromatic carbocycles. The van der Waals surface area contributed by atoms with Crippen molar-refractivity contribution in [2.75, 3.05) is 18.4 Å². The Hall–Kier alpha value is -1.36. The van der Waals surface area contributed by atoms with Gasteiger partial charge in [-0.25, -0.2) is 4.98 Å². The van der Waals surface area contributed by atoms with E-state index in [9.17, 15) is 0 Å². The Balaban J connectivity index is 1.63. The summed E-state index contributed by atoms with van der Waals surface area (Å²) in [7, 11) is 0. The third-order valence-corrected chi connectivity index (χ3v) is 2.84. The molecule has 0 radical (unpaired) electrons. The van der Waals surface area contributed by atoms with E-state index < -0.39 is 0 Å². The van der Waals surface area contributed by atoms with Gasteiger partial charge in [0.25, 0.3) is 0 Å². The first-order chi connectivity index (χ1) is 7.90. The molecule has 5 heteroatoms. The van der Waals surface area contributed by atoms with Crippen molar-refractivity contribution in [2.24, 2.45) is 0 Å². The van der Waals surface area contributed by atoms with Crippen LogP contribution in [0, 0.1) is 0 Å². The first kappa shape index (κ1) is 9.84. The number of rotatable bonds is 4. The SMILES string of the molecule is c1cc(OC2CCNC2)nc(NC2CC2)n1. The van der Waals surface area contributed by atoms with Gasteiger partial charge in [-0.2, -0.15) is 4.98 Å². The first-order valence-electron chi connectivity index (χ1n) is 5.87. The van der Waals surface area contributed by atoms with Crippen LogP contribution < -0.4 is 15.4 Å². The summed E-state index contributed by atoms with van der Waals surface area (Å²) in [4.78, 5) is 8.52. The molecule has 3 rings (SSSR count). The van der Waals surface area contributed by atoms with Crippen LogP contribution in [0.5, 0.6) is 5.88 Å². The lowest BCUT2D eigenvalue weighted by Gasteiger charge is -2.11. The highest BCUT2D eigenvalue weighted by Crippen LogP contribution is 2.23. The highest BCUT2D eigenvalue weighted by atomic mass is 16.5. The van der Waals surface area contributed by atoms with Gasteiger partial charge in [-0.1, -0.05) is 0 Å². The minimum Gasteiger partial charge on any atom is -0.473 e. The van der Waals surface area contributed by atoms with Crippen LogP contribution in [0.15, 0.2) is 12.3 Å². The van der Waals surface area contributed by atoms with Gasteiger partial charge >= 0.3 is 0 Å². The van der Waals surface area contributed by atoms with Gasteiger partial charge in [-0.3, -0.25) is 0 Å². The van der Waals surface area contributed by atoms with Crippen molar-refractivity contribution < 1.29 is 4.74 Å². The van der Waals surface area contributed by atoms with Gasteiger partial charge in [0.05, 0.1) is 0 Å². The fraction of sp³-hybridized carbons (Fsp3) is 0.636. The van der Waals surface area contributed by atoms with Gasteiger partial charge in [0.2, 0.25) is 11.8 Å². The van der Waals surface area contributed by atoms with E-state index in [1.807, 2.05) is 6.07 Å². The van der Waals surface area contributed by atoms with E-state index in [1.165, 1.54) is 12.8 Å². The highest BCUT2D eigenvalue weighted by Gasteiger charge is 2.22. The molecule has 1 atom stereocenters. The zero-order chi connectivity index (χ0) is 10.8. The van der Waals surface area contributed by atoms with Crippen LogP contribution in [0.2, 0.25) is 0 Å². The maximum Gasteiger partial charge on any atom is 0.226 e. The van der Waals surface area contributed by atoms with Gasteiger partial charge in [0.15, 0.2) is 0 Å². The second kappa shape index (κ2) is 4.25. The zero-order valence-electron chi connectivity index (χ0n) is 9.15. The van der Waals surface area contributed by atoms with Crippen molar-refractivity contribution in [3.05, 3.63) is 12.3 Å². The van der Waals surface area contributed by atoms with E-state index in [4.69, 9.17) is 4.74 Å². The summed E-state index contributed by atoms with van der Waals surface area (Å²) < 4.78 is 5.76. The molecular weight excluding hydrogens is 204 g/mol. The minimum atomic E-state index is 0.253. The molecule has 2 heterocycles.